The predicted octanol–water partition coefficient (Wildman–Crippen LogP) is 4.95. The third-order valence-electron chi connectivity index (χ3n) is 7.43. The average Bonchev–Trinajstić information content (AvgIpc) is 3.50. The summed E-state index contributed by atoms with van der Waals surface area (Å²) >= 11 is 0. The highest BCUT2D eigenvalue weighted by molar-refractivity contribution is 5.58. The standard InChI is InChI=1S/C27H31F2N7O/c1-17-31-26-11-9-20(16-36(26)34-17)35-12-4-5-19(15-35)32-23-6-2-3-7-24(23)33-27-30-14-25(37-27)21-10-8-18(28)13-22(21)29/h8-11,13-14,16,19,23-24,32H,2-7,12,15H2,1H3,(H,30,33)/t19-,23+,24+/m0/s1. The average molecular weight is 508 g/mol. The Hall–Kier alpha value is -3.53. The van der Waals surface area contributed by atoms with Gasteiger partial charge >= 0.3 is 0 Å². The van der Waals surface area contributed by atoms with E-state index in [-0.39, 0.29) is 23.4 Å². The molecule has 194 valence electrons. The molecule has 4 aromatic rings. The van der Waals surface area contributed by atoms with Crippen molar-refractivity contribution in [2.75, 3.05) is 23.3 Å². The molecule has 0 bridgehead atoms. The van der Waals surface area contributed by atoms with E-state index in [2.05, 4.69) is 42.9 Å². The lowest BCUT2D eigenvalue weighted by Gasteiger charge is -2.40. The fourth-order valence-electron chi connectivity index (χ4n) is 5.64. The zero-order valence-electron chi connectivity index (χ0n) is 20.8. The molecule has 1 aromatic carbocycles. The Kier molecular flexibility index (Phi) is 6.50. The van der Waals surface area contributed by atoms with Gasteiger partial charge in [0.2, 0.25) is 0 Å². The number of piperidine rings is 1. The first kappa shape index (κ1) is 23.8. The van der Waals surface area contributed by atoms with Crippen molar-refractivity contribution in [3.8, 4) is 11.3 Å². The second-order valence-electron chi connectivity index (χ2n) is 10.1. The number of rotatable bonds is 6. The van der Waals surface area contributed by atoms with Crippen LogP contribution in [0.4, 0.5) is 20.5 Å². The van der Waals surface area contributed by atoms with Crippen molar-refractivity contribution in [3.05, 3.63) is 60.2 Å². The molecule has 6 rings (SSSR count). The molecule has 0 spiro atoms. The molecule has 2 aliphatic rings. The summed E-state index contributed by atoms with van der Waals surface area (Å²) in [6, 6.07) is 8.74. The molecule has 3 aromatic heterocycles. The summed E-state index contributed by atoms with van der Waals surface area (Å²) in [5.41, 5.74) is 2.21. The summed E-state index contributed by atoms with van der Waals surface area (Å²) in [4.78, 5) is 11.2. The van der Waals surface area contributed by atoms with Crippen molar-refractivity contribution < 1.29 is 13.2 Å². The summed E-state index contributed by atoms with van der Waals surface area (Å²) in [7, 11) is 0. The second-order valence-corrected chi connectivity index (χ2v) is 10.1. The van der Waals surface area contributed by atoms with Gasteiger partial charge in [-0.3, -0.25) is 0 Å². The number of aromatic nitrogens is 4. The molecule has 3 atom stereocenters. The first-order valence-electron chi connectivity index (χ1n) is 13.0. The summed E-state index contributed by atoms with van der Waals surface area (Å²) in [5.74, 6) is -0.236. The first-order chi connectivity index (χ1) is 18.0. The Labute approximate surface area is 214 Å². The van der Waals surface area contributed by atoms with E-state index >= 15 is 0 Å². The molecule has 1 saturated heterocycles. The smallest absolute Gasteiger partial charge is 0.295 e. The van der Waals surface area contributed by atoms with Gasteiger partial charge in [0.1, 0.15) is 17.5 Å². The van der Waals surface area contributed by atoms with E-state index in [9.17, 15) is 8.78 Å². The zero-order valence-corrected chi connectivity index (χ0v) is 20.8. The highest BCUT2D eigenvalue weighted by Crippen LogP contribution is 2.29. The number of hydrogen-bond donors (Lipinski definition) is 2. The maximum Gasteiger partial charge on any atom is 0.295 e. The molecule has 8 nitrogen and oxygen atoms in total. The minimum Gasteiger partial charge on any atom is -0.423 e. The Morgan fingerprint density at radius 1 is 1.03 bits per heavy atom. The van der Waals surface area contributed by atoms with E-state index in [1.54, 1.807) is 0 Å². The molecule has 0 unspecified atom stereocenters. The molecule has 10 heteroatoms. The lowest BCUT2D eigenvalue weighted by atomic mass is 9.89. The quantitative estimate of drug-likeness (QED) is 0.382. The molecule has 1 aliphatic carbocycles. The first-order valence-corrected chi connectivity index (χ1v) is 13.0. The normalized spacial score (nSPS) is 22.5. The third-order valence-corrected chi connectivity index (χ3v) is 7.43. The van der Waals surface area contributed by atoms with Gasteiger partial charge in [-0.2, -0.15) is 5.10 Å². The maximum absolute atomic E-state index is 14.2. The van der Waals surface area contributed by atoms with Crippen LogP contribution in [0.3, 0.4) is 0 Å². The Balaban J connectivity index is 1.12. The van der Waals surface area contributed by atoms with Crippen LogP contribution in [0.2, 0.25) is 0 Å². The maximum atomic E-state index is 14.2. The minimum absolute atomic E-state index is 0.156. The molecule has 0 radical (unpaired) electrons. The number of anilines is 2. The monoisotopic (exact) mass is 507 g/mol. The highest BCUT2D eigenvalue weighted by Gasteiger charge is 2.30. The van der Waals surface area contributed by atoms with E-state index in [1.165, 1.54) is 24.8 Å². The zero-order chi connectivity index (χ0) is 25.4. The lowest BCUT2D eigenvalue weighted by Crippen LogP contribution is -2.54. The molecular formula is C27H31F2N7O. The van der Waals surface area contributed by atoms with E-state index < -0.39 is 11.6 Å². The Morgan fingerprint density at radius 2 is 1.89 bits per heavy atom. The fourth-order valence-corrected chi connectivity index (χ4v) is 5.64. The van der Waals surface area contributed by atoms with Gasteiger partial charge in [0.25, 0.3) is 6.01 Å². The molecule has 2 N–H and O–H groups in total. The minimum atomic E-state index is -0.667. The molecule has 0 amide bonds. The highest BCUT2D eigenvalue weighted by atomic mass is 19.1. The topological polar surface area (TPSA) is 83.5 Å². The number of aryl methyl sites for hydroxylation is 1. The van der Waals surface area contributed by atoms with Crippen LogP contribution in [0, 0.1) is 18.6 Å². The molecular weight excluding hydrogens is 476 g/mol. The number of fused-ring (bicyclic) bond motifs is 1. The Bertz CT molecular complexity index is 1390. The van der Waals surface area contributed by atoms with Gasteiger partial charge in [-0.15, -0.1) is 0 Å². The van der Waals surface area contributed by atoms with Crippen LogP contribution < -0.4 is 15.5 Å². The van der Waals surface area contributed by atoms with Crippen molar-refractivity contribution in [1.82, 2.24) is 24.9 Å². The van der Waals surface area contributed by atoms with E-state index in [4.69, 9.17) is 4.42 Å². The van der Waals surface area contributed by atoms with Crippen molar-refractivity contribution in [2.24, 2.45) is 0 Å². The van der Waals surface area contributed by atoms with Gasteiger partial charge in [0.15, 0.2) is 11.4 Å². The molecule has 4 heterocycles. The van der Waals surface area contributed by atoms with Gasteiger partial charge in [0, 0.05) is 37.3 Å². The van der Waals surface area contributed by atoms with Crippen LogP contribution in [-0.2, 0) is 0 Å². The van der Waals surface area contributed by atoms with Crippen LogP contribution >= 0.6 is 0 Å². The van der Waals surface area contributed by atoms with Gasteiger partial charge in [-0.05, 0) is 56.9 Å². The van der Waals surface area contributed by atoms with Crippen LogP contribution in [0.15, 0.2) is 47.1 Å². The van der Waals surface area contributed by atoms with E-state index in [0.717, 1.165) is 68.4 Å². The van der Waals surface area contributed by atoms with Crippen LogP contribution in [-0.4, -0.2) is 50.8 Å². The van der Waals surface area contributed by atoms with Crippen molar-refractivity contribution in [1.29, 1.82) is 0 Å². The number of nitrogens with zero attached hydrogens (tertiary/aromatic N) is 5. The number of hydrogen-bond acceptors (Lipinski definition) is 7. The van der Waals surface area contributed by atoms with Gasteiger partial charge in [-0.1, -0.05) is 12.8 Å². The van der Waals surface area contributed by atoms with Crippen LogP contribution in [0.25, 0.3) is 17.0 Å². The number of oxazole rings is 1. The van der Waals surface area contributed by atoms with Gasteiger partial charge in [-0.25, -0.2) is 23.3 Å². The fraction of sp³-hybridized carbons (Fsp3) is 0.444. The SMILES string of the molecule is Cc1nc2ccc(N3CCC[C@H](N[C@@H]4CCCC[C@H]4Nc4ncc(-c5ccc(F)cc5F)o4)C3)cn2n1. The van der Waals surface area contributed by atoms with Gasteiger partial charge in [0.05, 0.1) is 23.6 Å². The summed E-state index contributed by atoms with van der Waals surface area (Å²) in [6.45, 7) is 3.85. The largest absolute Gasteiger partial charge is 0.423 e. The predicted molar refractivity (Wildman–Crippen MR) is 138 cm³/mol. The third kappa shape index (κ3) is 5.16. The number of nitrogens with one attached hydrogen (secondary N) is 2. The summed E-state index contributed by atoms with van der Waals surface area (Å²) in [5, 5.41) is 11.8. The van der Waals surface area contributed by atoms with E-state index in [0.29, 0.717) is 12.1 Å². The number of benzene rings is 1. The van der Waals surface area contributed by atoms with Crippen LogP contribution in [0.1, 0.15) is 44.3 Å². The number of pyridine rings is 1. The van der Waals surface area contributed by atoms with E-state index in [1.807, 2.05) is 17.5 Å². The van der Waals surface area contributed by atoms with Crippen molar-refractivity contribution >= 4 is 17.3 Å². The summed E-state index contributed by atoms with van der Waals surface area (Å²) in [6.07, 6.45) is 10.2. The Morgan fingerprint density at radius 3 is 2.76 bits per heavy atom. The molecule has 2 fully saturated rings. The van der Waals surface area contributed by atoms with Crippen LogP contribution in [0.5, 0.6) is 0 Å². The van der Waals surface area contributed by atoms with Crippen molar-refractivity contribution in [2.45, 2.75) is 63.6 Å². The van der Waals surface area contributed by atoms with Gasteiger partial charge < -0.3 is 20.0 Å². The molecule has 37 heavy (non-hydrogen) atoms. The lowest BCUT2D eigenvalue weighted by molar-refractivity contribution is 0.290. The summed E-state index contributed by atoms with van der Waals surface area (Å²) < 4.78 is 35.1. The molecule has 1 saturated carbocycles. The second kappa shape index (κ2) is 10.1. The van der Waals surface area contributed by atoms with Crippen molar-refractivity contribution in [3.63, 3.8) is 0 Å². The number of halogens is 2. The molecule has 1 aliphatic heterocycles.